The lowest BCUT2D eigenvalue weighted by Gasteiger charge is -2.28. The molecule has 1 aliphatic rings. The molecule has 0 N–H and O–H groups in total. The lowest BCUT2D eigenvalue weighted by molar-refractivity contribution is 0.857. The molecule has 1 aliphatic heterocycles. The zero-order valence-corrected chi connectivity index (χ0v) is 15.1. The molecule has 0 amide bonds. The zero-order valence-electron chi connectivity index (χ0n) is 15.1. The van der Waals surface area contributed by atoms with Gasteiger partial charge < -0.3 is 9.80 Å². The molecule has 130 valence electrons. The van der Waals surface area contributed by atoms with Crippen LogP contribution in [0, 0.1) is 0 Å². The summed E-state index contributed by atoms with van der Waals surface area (Å²) in [5, 5.41) is 0. The summed E-state index contributed by atoms with van der Waals surface area (Å²) in [6.07, 6.45) is 10.0. The van der Waals surface area contributed by atoms with Crippen LogP contribution in [-0.4, -0.2) is 30.6 Å². The molecule has 0 atom stereocenters. The summed E-state index contributed by atoms with van der Waals surface area (Å²) in [4.78, 5) is 13.3. The van der Waals surface area contributed by atoms with Gasteiger partial charge in [0.1, 0.15) is 0 Å². The Morgan fingerprint density at radius 1 is 1.04 bits per heavy atom. The van der Waals surface area contributed by atoms with E-state index in [1.165, 1.54) is 22.5 Å². The predicted molar refractivity (Wildman–Crippen MR) is 108 cm³/mol. The maximum Gasteiger partial charge on any atom is 0.0723 e. The summed E-state index contributed by atoms with van der Waals surface area (Å²) in [5.41, 5.74) is 6.98. The summed E-state index contributed by atoms with van der Waals surface area (Å²) in [5.74, 6) is 0. The van der Waals surface area contributed by atoms with Crippen molar-refractivity contribution in [3.8, 4) is 11.3 Å². The topological polar surface area (TPSA) is 32.3 Å². The number of fused-ring (bicyclic) bond motifs is 1. The van der Waals surface area contributed by atoms with Gasteiger partial charge in [-0.3, -0.25) is 9.97 Å². The van der Waals surface area contributed by atoms with Gasteiger partial charge in [0.15, 0.2) is 0 Å². The molecule has 26 heavy (non-hydrogen) atoms. The first-order valence-electron chi connectivity index (χ1n) is 8.79. The first-order valence-corrected chi connectivity index (χ1v) is 8.79. The smallest absolute Gasteiger partial charge is 0.0723 e. The maximum atomic E-state index is 4.68. The SMILES string of the molecule is CN(C)c1ccc(-c2cc3c(cn2)C=CCN3Cc2ccncc2)cc1. The molecule has 0 bridgehead atoms. The molecule has 0 radical (unpaired) electrons. The van der Waals surface area contributed by atoms with Crippen LogP contribution in [0.3, 0.4) is 0 Å². The Bertz CT molecular complexity index is 915. The van der Waals surface area contributed by atoms with Crippen LogP contribution in [0.25, 0.3) is 17.3 Å². The Morgan fingerprint density at radius 2 is 1.81 bits per heavy atom. The fourth-order valence-electron chi connectivity index (χ4n) is 3.21. The fraction of sp³-hybridized carbons (Fsp3) is 0.182. The van der Waals surface area contributed by atoms with Gasteiger partial charge in [0.25, 0.3) is 0 Å². The minimum Gasteiger partial charge on any atom is -0.378 e. The second-order valence-corrected chi connectivity index (χ2v) is 6.71. The standard InChI is InChI=1S/C22H22N4/c1-25(2)20-7-5-18(6-8-20)21-14-22-19(15-24-21)4-3-13-26(22)16-17-9-11-23-12-10-17/h3-12,14-15H,13,16H2,1-2H3. The van der Waals surface area contributed by atoms with Gasteiger partial charge in [0, 0.05) is 68.3 Å². The lowest BCUT2D eigenvalue weighted by atomic mass is 10.0. The van der Waals surface area contributed by atoms with Crippen molar-refractivity contribution in [3.05, 3.63) is 78.3 Å². The molecule has 0 unspecified atom stereocenters. The number of pyridine rings is 2. The summed E-state index contributed by atoms with van der Waals surface area (Å²) in [7, 11) is 4.10. The first kappa shape index (κ1) is 16.3. The van der Waals surface area contributed by atoms with E-state index in [2.05, 4.69) is 88.5 Å². The molecule has 0 aliphatic carbocycles. The number of anilines is 2. The molecule has 2 aromatic heterocycles. The number of nitrogens with zero attached hydrogens (tertiary/aromatic N) is 4. The Balaban J connectivity index is 1.66. The van der Waals surface area contributed by atoms with Crippen LogP contribution in [0.1, 0.15) is 11.1 Å². The Labute approximate surface area is 154 Å². The summed E-state index contributed by atoms with van der Waals surface area (Å²) >= 11 is 0. The normalized spacial score (nSPS) is 12.8. The van der Waals surface area contributed by atoms with Crippen molar-refractivity contribution < 1.29 is 0 Å². The van der Waals surface area contributed by atoms with Crippen molar-refractivity contribution in [1.82, 2.24) is 9.97 Å². The van der Waals surface area contributed by atoms with Gasteiger partial charge in [-0.2, -0.15) is 0 Å². The third-order valence-electron chi connectivity index (χ3n) is 4.68. The molecule has 0 saturated carbocycles. The quantitative estimate of drug-likeness (QED) is 0.710. The minimum atomic E-state index is 0.864. The van der Waals surface area contributed by atoms with Crippen LogP contribution in [0.5, 0.6) is 0 Å². The molecule has 3 aromatic rings. The molecule has 0 saturated heterocycles. The van der Waals surface area contributed by atoms with Crippen molar-refractivity contribution in [3.63, 3.8) is 0 Å². The van der Waals surface area contributed by atoms with Crippen molar-refractivity contribution in [2.24, 2.45) is 0 Å². The monoisotopic (exact) mass is 342 g/mol. The molecular formula is C22H22N4. The van der Waals surface area contributed by atoms with Gasteiger partial charge in [-0.15, -0.1) is 0 Å². The molecule has 3 heterocycles. The Kier molecular flexibility index (Phi) is 4.40. The molecular weight excluding hydrogens is 320 g/mol. The van der Waals surface area contributed by atoms with Crippen LogP contribution in [-0.2, 0) is 6.54 Å². The van der Waals surface area contributed by atoms with E-state index in [-0.39, 0.29) is 0 Å². The summed E-state index contributed by atoms with van der Waals surface area (Å²) < 4.78 is 0. The molecule has 4 heteroatoms. The van der Waals surface area contributed by atoms with E-state index in [4.69, 9.17) is 0 Å². The third kappa shape index (κ3) is 3.31. The van der Waals surface area contributed by atoms with E-state index >= 15 is 0 Å². The van der Waals surface area contributed by atoms with Crippen LogP contribution >= 0.6 is 0 Å². The Hall–Kier alpha value is -3.14. The number of hydrogen-bond donors (Lipinski definition) is 0. The van der Waals surface area contributed by atoms with Crippen molar-refractivity contribution >= 4 is 17.5 Å². The number of rotatable bonds is 4. The van der Waals surface area contributed by atoms with E-state index in [1.54, 1.807) is 0 Å². The molecule has 0 spiro atoms. The van der Waals surface area contributed by atoms with Gasteiger partial charge in [0.2, 0.25) is 0 Å². The van der Waals surface area contributed by atoms with Crippen molar-refractivity contribution in [2.75, 3.05) is 30.4 Å². The fourth-order valence-corrected chi connectivity index (χ4v) is 3.21. The Morgan fingerprint density at radius 3 is 2.54 bits per heavy atom. The van der Waals surface area contributed by atoms with Gasteiger partial charge >= 0.3 is 0 Å². The maximum absolute atomic E-state index is 4.68. The number of aromatic nitrogens is 2. The largest absolute Gasteiger partial charge is 0.378 e. The van der Waals surface area contributed by atoms with E-state index in [1.807, 2.05) is 18.6 Å². The number of benzene rings is 1. The summed E-state index contributed by atoms with van der Waals surface area (Å²) in [6, 6.07) is 14.9. The van der Waals surface area contributed by atoms with E-state index in [0.29, 0.717) is 0 Å². The lowest BCUT2D eigenvalue weighted by Crippen LogP contribution is -2.25. The molecule has 1 aromatic carbocycles. The van der Waals surface area contributed by atoms with E-state index < -0.39 is 0 Å². The molecule has 4 nitrogen and oxygen atoms in total. The average Bonchev–Trinajstić information content (AvgIpc) is 2.69. The zero-order chi connectivity index (χ0) is 17.9. The van der Waals surface area contributed by atoms with Crippen LogP contribution in [0.2, 0.25) is 0 Å². The van der Waals surface area contributed by atoms with Gasteiger partial charge in [-0.25, -0.2) is 0 Å². The van der Waals surface area contributed by atoms with Crippen LogP contribution < -0.4 is 9.80 Å². The van der Waals surface area contributed by atoms with Crippen LogP contribution in [0.15, 0.2) is 67.1 Å². The average molecular weight is 342 g/mol. The predicted octanol–water partition coefficient (Wildman–Crippen LogP) is 4.24. The highest BCUT2D eigenvalue weighted by Gasteiger charge is 2.15. The highest BCUT2D eigenvalue weighted by molar-refractivity contribution is 5.76. The van der Waals surface area contributed by atoms with E-state index in [9.17, 15) is 0 Å². The third-order valence-corrected chi connectivity index (χ3v) is 4.68. The second-order valence-electron chi connectivity index (χ2n) is 6.71. The summed E-state index contributed by atoms with van der Waals surface area (Å²) in [6.45, 7) is 1.77. The van der Waals surface area contributed by atoms with Gasteiger partial charge in [-0.05, 0) is 35.9 Å². The van der Waals surface area contributed by atoms with Crippen molar-refractivity contribution in [2.45, 2.75) is 6.54 Å². The van der Waals surface area contributed by atoms with Gasteiger partial charge in [-0.1, -0.05) is 24.3 Å². The first-order chi connectivity index (χ1) is 12.7. The van der Waals surface area contributed by atoms with E-state index in [0.717, 1.165) is 24.3 Å². The highest BCUT2D eigenvalue weighted by Crippen LogP contribution is 2.31. The minimum absolute atomic E-state index is 0.864. The molecule has 0 fully saturated rings. The molecule has 4 rings (SSSR count). The highest BCUT2D eigenvalue weighted by atomic mass is 15.1. The van der Waals surface area contributed by atoms with Crippen LogP contribution in [0.4, 0.5) is 11.4 Å². The second kappa shape index (κ2) is 7.00. The van der Waals surface area contributed by atoms with Gasteiger partial charge in [0.05, 0.1) is 5.69 Å². The van der Waals surface area contributed by atoms with Crippen molar-refractivity contribution in [1.29, 1.82) is 0 Å². The number of hydrogen-bond acceptors (Lipinski definition) is 4.